The molecule has 0 aliphatic heterocycles. The van der Waals surface area contributed by atoms with E-state index in [1.54, 1.807) is 0 Å². The van der Waals surface area contributed by atoms with E-state index in [0.29, 0.717) is 0 Å². The van der Waals surface area contributed by atoms with Crippen LogP contribution in [0.2, 0.25) is 0 Å². The molecular formula is C46H28N4. The Morgan fingerprint density at radius 2 is 1.02 bits per heavy atom. The molecule has 0 spiro atoms. The quantitative estimate of drug-likeness (QED) is 0.181. The molecule has 0 atom stereocenters. The van der Waals surface area contributed by atoms with Crippen LogP contribution in [-0.4, -0.2) is 19.1 Å². The molecular weight excluding hydrogens is 609 g/mol. The van der Waals surface area contributed by atoms with Gasteiger partial charge in [-0.3, -0.25) is 4.57 Å². The van der Waals surface area contributed by atoms with Gasteiger partial charge in [-0.15, -0.1) is 0 Å². The van der Waals surface area contributed by atoms with Crippen molar-refractivity contribution in [2.75, 3.05) is 0 Å². The average molecular weight is 637 g/mol. The van der Waals surface area contributed by atoms with Gasteiger partial charge in [-0.1, -0.05) is 127 Å². The van der Waals surface area contributed by atoms with Crippen LogP contribution in [0.25, 0.3) is 99.0 Å². The summed E-state index contributed by atoms with van der Waals surface area (Å²) in [6, 6.07) is 60.6. The number of fused-ring (bicyclic) bond motifs is 11. The maximum atomic E-state index is 5.48. The van der Waals surface area contributed by atoms with Gasteiger partial charge < -0.3 is 4.57 Å². The highest BCUT2D eigenvalue weighted by Gasteiger charge is 2.23. The van der Waals surface area contributed by atoms with E-state index in [0.717, 1.165) is 61.1 Å². The molecule has 3 heterocycles. The van der Waals surface area contributed by atoms with Crippen LogP contribution in [0, 0.1) is 0 Å². The zero-order valence-electron chi connectivity index (χ0n) is 27.0. The summed E-state index contributed by atoms with van der Waals surface area (Å²) < 4.78 is 4.74. The summed E-state index contributed by atoms with van der Waals surface area (Å²) in [5, 5.41) is 9.62. The molecule has 0 radical (unpaired) electrons. The van der Waals surface area contributed by atoms with Crippen LogP contribution in [-0.2, 0) is 0 Å². The highest BCUT2D eigenvalue weighted by molar-refractivity contribution is 6.25. The Morgan fingerprint density at radius 1 is 0.380 bits per heavy atom. The van der Waals surface area contributed by atoms with Crippen molar-refractivity contribution in [1.82, 2.24) is 19.1 Å². The minimum absolute atomic E-state index is 0.817. The summed E-state index contributed by atoms with van der Waals surface area (Å²) >= 11 is 0. The lowest BCUT2D eigenvalue weighted by Crippen LogP contribution is -2.04. The molecule has 0 saturated carbocycles. The molecule has 232 valence electrons. The lowest BCUT2D eigenvalue weighted by Gasteiger charge is -2.15. The molecule has 0 saturated heterocycles. The van der Waals surface area contributed by atoms with Gasteiger partial charge in [0.05, 0.1) is 33.1 Å². The van der Waals surface area contributed by atoms with E-state index < -0.39 is 0 Å². The van der Waals surface area contributed by atoms with Gasteiger partial charge in [0.25, 0.3) is 0 Å². The van der Waals surface area contributed by atoms with Crippen LogP contribution < -0.4 is 0 Å². The molecule has 4 heteroatoms. The number of rotatable bonds is 3. The first kappa shape index (κ1) is 27.2. The Kier molecular flexibility index (Phi) is 5.63. The van der Waals surface area contributed by atoms with E-state index >= 15 is 0 Å². The normalized spacial score (nSPS) is 12.0. The largest absolute Gasteiger partial charge is 0.309 e. The Balaban J connectivity index is 1.33. The Labute approximate surface area is 287 Å². The minimum Gasteiger partial charge on any atom is -0.309 e. The molecule has 0 amide bonds. The Bertz CT molecular complexity index is 3140. The topological polar surface area (TPSA) is 35.6 Å². The molecule has 4 nitrogen and oxygen atoms in total. The average Bonchev–Trinajstić information content (AvgIpc) is 3.69. The maximum Gasteiger partial charge on any atom is 0.165 e. The molecule has 0 unspecified atom stereocenters. The van der Waals surface area contributed by atoms with Crippen LogP contribution in [0.15, 0.2) is 170 Å². The summed E-state index contributed by atoms with van der Waals surface area (Å²) in [4.78, 5) is 10.9. The first-order chi connectivity index (χ1) is 24.8. The van der Waals surface area contributed by atoms with Crippen molar-refractivity contribution in [1.29, 1.82) is 0 Å². The third-order valence-corrected chi connectivity index (χ3v) is 10.3. The SMILES string of the molecule is c1ccc(-c2nc3c(ccc4ccccc43)nc2-n2c3ccccc3c3cc4c5c6ccccc6ccc5n(-c5ccccc5)c4cc32)cc1. The van der Waals surface area contributed by atoms with Crippen molar-refractivity contribution in [3.8, 4) is 22.8 Å². The molecule has 11 rings (SSSR count). The van der Waals surface area contributed by atoms with Gasteiger partial charge in [0.1, 0.15) is 5.69 Å². The minimum atomic E-state index is 0.817. The van der Waals surface area contributed by atoms with Crippen LogP contribution in [0.5, 0.6) is 0 Å². The van der Waals surface area contributed by atoms with Crippen LogP contribution in [0.4, 0.5) is 0 Å². The second-order valence-electron chi connectivity index (χ2n) is 13.0. The van der Waals surface area contributed by atoms with Crippen molar-refractivity contribution >= 4 is 76.2 Å². The summed E-state index contributed by atoms with van der Waals surface area (Å²) in [5.41, 5.74) is 9.33. The molecule has 3 aromatic heterocycles. The molecule has 0 aliphatic rings. The van der Waals surface area contributed by atoms with Crippen molar-refractivity contribution in [3.05, 3.63) is 170 Å². The second-order valence-corrected chi connectivity index (χ2v) is 13.0. The van der Waals surface area contributed by atoms with Crippen molar-refractivity contribution < 1.29 is 0 Å². The maximum absolute atomic E-state index is 5.48. The van der Waals surface area contributed by atoms with Gasteiger partial charge in [-0.05, 0) is 58.6 Å². The van der Waals surface area contributed by atoms with Gasteiger partial charge in [0.2, 0.25) is 0 Å². The van der Waals surface area contributed by atoms with E-state index in [4.69, 9.17) is 9.97 Å². The number of aromatic nitrogens is 4. The standard InChI is InChI=1S/C46H28N4/c1-3-15-31(16-4-1)44-46(47-38-25-23-30-14-8-10-20-34(30)45(38)48-44)50-39-22-12-11-21-35(39)36-27-37-42(28-41(36)50)49(32-17-5-2-6-18-32)40-26-24-29-13-7-9-19-33(29)43(37)40/h1-28H. The van der Waals surface area contributed by atoms with Crippen LogP contribution in [0.3, 0.4) is 0 Å². The number of benzene rings is 8. The Morgan fingerprint density at radius 3 is 1.84 bits per heavy atom. The van der Waals surface area contributed by atoms with Gasteiger partial charge in [0, 0.05) is 38.2 Å². The first-order valence-corrected chi connectivity index (χ1v) is 17.0. The van der Waals surface area contributed by atoms with Crippen molar-refractivity contribution in [3.63, 3.8) is 0 Å². The van der Waals surface area contributed by atoms with Crippen molar-refractivity contribution in [2.24, 2.45) is 0 Å². The number of para-hydroxylation sites is 2. The van der Waals surface area contributed by atoms with Crippen molar-refractivity contribution in [2.45, 2.75) is 0 Å². The molecule has 0 aliphatic carbocycles. The molecule has 50 heavy (non-hydrogen) atoms. The lowest BCUT2D eigenvalue weighted by molar-refractivity contribution is 1.08. The second kappa shape index (κ2) is 10.4. The number of hydrogen-bond donors (Lipinski definition) is 0. The molecule has 0 N–H and O–H groups in total. The van der Waals surface area contributed by atoms with Gasteiger partial charge in [-0.2, -0.15) is 0 Å². The fraction of sp³-hybridized carbons (Fsp3) is 0. The zero-order chi connectivity index (χ0) is 32.8. The van der Waals surface area contributed by atoms with E-state index in [1.807, 2.05) is 0 Å². The first-order valence-electron chi connectivity index (χ1n) is 17.0. The summed E-state index contributed by atoms with van der Waals surface area (Å²) in [5.74, 6) is 0.817. The van der Waals surface area contributed by atoms with Gasteiger partial charge in [-0.25, -0.2) is 9.97 Å². The van der Waals surface area contributed by atoms with E-state index in [-0.39, 0.29) is 0 Å². The third-order valence-electron chi connectivity index (χ3n) is 10.3. The van der Waals surface area contributed by atoms with E-state index in [1.165, 1.54) is 37.8 Å². The Hall–Kier alpha value is -6.78. The summed E-state index contributed by atoms with van der Waals surface area (Å²) in [6.07, 6.45) is 0. The highest BCUT2D eigenvalue weighted by atomic mass is 15.1. The van der Waals surface area contributed by atoms with Gasteiger partial charge >= 0.3 is 0 Å². The summed E-state index contributed by atoms with van der Waals surface area (Å²) in [7, 11) is 0. The van der Waals surface area contributed by atoms with Crippen LogP contribution in [0.1, 0.15) is 0 Å². The molecule has 8 aromatic carbocycles. The molecule has 0 bridgehead atoms. The highest BCUT2D eigenvalue weighted by Crippen LogP contribution is 2.43. The van der Waals surface area contributed by atoms with E-state index in [2.05, 4.69) is 179 Å². The van der Waals surface area contributed by atoms with E-state index in [9.17, 15) is 0 Å². The smallest absolute Gasteiger partial charge is 0.165 e. The summed E-state index contributed by atoms with van der Waals surface area (Å²) in [6.45, 7) is 0. The lowest BCUT2D eigenvalue weighted by atomic mass is 10.0. The fourth-order valence-electron chi connectivity index (χ4n) is 8.06. The fourth-order valence-corrected chi connectivity index (χ4v) is 8.06. The number of hydrogen-bond acceptors (Lipinski definition) is 2. The van der Waals surface area contributed by atoms with Crippen LogP contribution >= 0.6 is 0 Å². The monoisotopic (exact) mass is 636 g/mol. The predicted molar refractivity (Wildman–Crippen MR) is 209 cm³/mol. The third kappa shape index (κ3) is 3.81. The zero-order valence-corrected chi connectivity index (χ0v) is 27.0. The predicted octanol–water partition coefficient (Wildman–Crippen LogP) is 11.8. The molecule has 11 aromatic rings. The van der Waals surface area contributed by atoms with Gasteiger partial charge in [0.15, 0.2) is 5.82 Å². The molecule has 0 fully saturated rings. The number of nitrogens with zero attached hydrogens (tertiary/aromatic N) is 4.